The number of methoxy groups -OCH3 is 1. The van der Waals surface area contributed by atoms with Crippen molar-refractivity contribution in [2.24, 2.45) is 0 Å². The minimum atomic E-state index is -1.30. The molecule has 3 nitrogen and oxygen atoms in total. The summed E-state index contributed by atoms with van der Waals surface area (Å²) in [5.74, 6) is 0.472. The molecule has 0 aliphatic carbocycles. The van der Waals surface area contributed by atoms with Crippen LogP contribution in [-0.4, -0.2) is 23.6 Å². The van der Waals surface area contributed by atoms with Crippen molar-refractivity contribution in [1.82, 2.24) is 0 Å². The smallest absolute Gasteiger partial charge is 0.168 e. The van der Waals surface area contributed by atoms with Crippen molar-refractivity contribution in [2.75, 3.05) is 7.11 Å². The minimum absolute atomic E-state index is 0.189. The quantitative estimate of drug-likeness (QED) is 0.846. The van der Waals surface area contributed by atoms with E-state index in [1.54, 1.807) is 7.11 Å². The van der Waals surface area contributed by atoms with Gasteiger partial charge in [0.2, 0.25) is 0 Å². The third kappa shape index (κ3) is 3.07. The Hall–Kier alpha value is -1.35. The number of benzene rings is 1. The Morgan fingerprint density at radius 2 is 2.06 bits per heavy atom. The van der Waals surface area contributed by atoms with Crippen LogP contribution in [0.5, 0.6) is 5.75 Å². The van der Waals surface area contributed by atoms with Gasteiger partial charge >= 0.3 is 0 Å². The molecule has 0 atom stereocenters. The highest BCUT2D eigenvalue weighted by atomic mass is 16.5. The Labute approximate surface area is 96.1 Å². The fourth-order valence-corrected chi connectivity index (χ4v) is 1.43. The molecule has 0 saturated carbocycles. The Balaban J connectivity index is 2.96. The molecule has 0 heterocycles. The van der Waals surface area contributed by atoms with E-state index in [2.05, 4.69) is 0 Å². The van der Waals surface area contributed by atoms with Crippen LogP contribution in [0.2, 0.25) is 0 Å². The summed E-state index contributed by atoms with van der Waals surface area (Å²) in [5.41, 5.74) is 0.586. The van der Waals surface area contributed by atoms with E-state index >= 15 is 0 Å². The summed E-state index contributed by atoms with van der Waals surface area (Å²) in [6.07, 6.45) is 0.189. The highest BCUT2D eigenvalue weighted by Gasteiger charge is 2.24. The molecule has 0 bridgehead atoms. The molecule has 1 aromatic carbocycles. The van der Waals surface area contributed by atoms with Gasteiger partial charge in [-0.2, -0.15) is 0 Å². The van der Waals surface area contributed by atoms with Crippen LogP contribution in [0.4, 0.5) is 0 Å². The minimum Gasteiger partial charge on any atom is -0.496 e. The molecule has 88 valence electrons. The van der Waals surface area contributed by atoms with Gasteiger partial charge in [0.05, 0.1) is 7.11 Å². The SMILES string of the molecule is COc1ccc(C)cc1CC(=O)C(C)(C)O. The fourth-order valence-electron chi connectivity index (χ4n) is 1.43. The summed E-state index contributed by atoms with van der Waals surface area (Å²) in [5, 5.41) is 9.59. The summed E-state index contributed by atoms with van der Waals surface area (Å²) >= 11 is 0. The van der Waals surface area contributed by atoms with Crippen LogP contribution in [0.15, 0.2) is 18.2 Å². The molecule has 1 rings (SSSR count). The van der Waals surface area contributed by atoms with E-state index in [9.17, 15) is 9.90 Å². The van der Waals surface area contributed by atoms with Crippen molar-refractivity contribution in [3.05, 3.63) is 29.3 Å². The lowest BCUT2D eigenvalue weighted by Gasteiger charge is -2.16. The number of hydrogen-bond donors (Lipinski definition) is 1. The van der Waals surface area contributed by atoms with Crippen LogP contribution in [-0.2, 0) is 11.2 Å². The van der Waals surface area contributed by atoms with Gasteiger partial charge in [-0.15, -0.1) is 0 Å². The number of ketones is 1. The van der Waals surface area contributed by atoms with E-state index in [0.717, 1.165) is 11.1 Å². The van der Waals surface area contributed by atoms with Gasteiger partial charge in [-0.3, -0.25) is 4.79 Å². The summed E-state index contributed by atoms with van der Waals surface area (Å²) in [7, 11) is 1.57. The number of carbonyl (C=O) groups excluding carboxylic acids is 1. The van der Waals surface area contributed by atoms with E-state index in [0.29, 0.717) is 5.75 Å². The first-order valence-corrected chi connectivity index (χ1v) is 5.24. The van der Waals surface area contributed by atoms with Crippen LogP contribution in [0.25, 0.3) is 0 Å². The second-order valence-electron chi connectivity index (χ2n) is 4.47. The first-order chi connectivity index (χ1) is 7.34. The predicted molar refractivity (Wildman–Crippen MR) is 62.7 cm³/mol. The highest BCUT2D eigenvalue weighted by molar-refractivity contribution is 5.88. The van der Waals surface area contributed by atoms with Crippen LogP contribution >= 0.6 is 0 Å². The van der Waals surface area contributed by atoms with Crippen molar-refractivity contribution in [3.8, 4) is 5.75 Å². The Kier molecular flexibility index (Phi) is 3.70. The third-order valence-corrected chi connectivity index (χ3v) is 2.47. The van der Waals surface area contributed by atoms with Crippen molar-refractivity contribution in [2.45, 2.75) is 32.8 Å². The van der Waals surface area contributed by atoms with Gasteiger partial charge in [-0.05, 0) is 26.8 Å². The maximum absolute atomic E-state index is 11.7. The normalized spacial score (nSPS) is 11.3. The average Bonchev–Trinajstić information content (AvgIpc) is 2.16. The Bertz CT molecular complexity index is 389. The third-order valence-electron chi connectivity index (χ3n) is 2.47. The molecule has 0 fully saturated rings. The van der Waals surface area contributed by atoms with Gasteiger partial charge < -0.3 is 9.84 Å². The van der Waals surface area contributed by atoms with Gasteiger partial charge in [-0.1, -0.05) is 17.7 Å². The van der Waals surface area contributed by atoms with E-state index in [1.807, 2.05) is 25.1 Å². The number of carbonyl (C=O) groups is 1. The summed E-state index contributed by atoms with van der Waals surface area (Å²) in [6, 6.07) is 5.67. The molecule has 0 aliphatic heterocycles. The zero-order valence-electron chi connectivity index (χ0n) is 10.2. The van der Waals surface area contributed by atoms with E-state index in [4.69, 9.17) is 4.74 Å². The van der Waals surface area contributed by atoms with Gasteiger partial charge in [0, 0.05) is 12.0 Å². The maximum Gasteiger partial charge on any atom is 0.168 e. The lowest BCUT2D eigenvalue weighted by atomic mass is 9.96. The zero-order valence-corrected chi connectivity index (χ0v) is 10.2. The predicted octanol–water partition coefficient (Wildman–Crippen LogP) is 1.89. The molecule has 0 radical (unpaired) electrons. The topological polar surface area (TPSA) is 46.5 Å². The van der Waals surface area contributed by atoms with Crippen molar-refractivity contribution in [3.63, 3.8) is 0 Å². The molecule has 0 saturated heterocycles. The van der Waals surface area contributed by atoms with E-state index in [-0.39, 0.29) is 12.2 Å². The first kappa shape index (κ1) is 12.7. The molecule has 1 N–H and O–H groups in total. The second kappa shape index (κ2) is 4.66. The molecule has 0 amide bonds. The molecule has 0 unspecified atom stereocenters. The number of hydrogen-bond acceptors (Lipinski definition) is 3. The molecule has 1 aromatic rings. The number of Topliss-reactive ketones (excluding diaryl/α,β-unsaturated/α-hetero) is 1. The average molecular weight is 222 g/mol. The van der Waals surface area contributed by atoms with Crippen molar-refractivity contribution in [1.29, 1.82) is 0 Å². The van der Waals surface area contributed by atoms with Gasteiger partial charge in [0.25, 0.3) is 0 Å². The maximum atomic E-state index is 11.7. The number of ether oxygens (including phenoxy) is 1. The number of aryl methyl sites for hydroxylation is 1. The molecule has 3 heteroatoms. The Morgan fingerprint density at radius 3 is 2.56 bits per heavy atom. The van der Waals surface area contributed by atoms with Crippen molar-refractivity contribution < 1.29 is 14.6 Å². The number of rotatable bonds is 4. The molecule has 0 aromatic heterocycles. The van der Waals surface area contributed by atoms with E-state index < -0.39 is 5.60 Å². The lowest BCUT2D eigenvalue weighted by molar-refractivity contribution is -0.133. The first-order valence-electron chi connectivity index (χ1n) is 5.24. The van der Waals surface area contributed by atoms with Crippen LogP contribution in [0.1, 0.15) is 25.0 Å². The molecule has 0 spiro atoms. The molecule has 16 heavy (non-hydrogen) atoms. The monoisotopic (exact) mass is 222 g/mol. The lowest BCUT2D eigenvalue weighted by Crippen LogP contribution is -2.32. The summed E-state index contributed by atoms with van der Waals surface area (Å²) < 4.78 is 5.18. The van der Waals surface area contributed by atoms with Crippen LogP contribution < -0.4 is 4.74 Å². The second-order valence-corrected chi connectivity index (χ2v) is 4.47. The largest absolute Gasteiger partial charge is 0.496 e. The summed E-state index contributed by atoms with van der Waals surface area (Å²) in [6.45, 7) is 4.95. The van der Waals surface area contributed by atoms with E-state index in [1.165, 1.54) is 13.8 Å². The van der Waals surface area contributed by atoms with Crippen LogP contribution in [0, 0.1) is 6.92 Å². The molecular weight excluding hydrogens is 204 g/mol. The Morgan fingerprint density at radius 1 is 1.44 bits per heavy atom. The van der Waals surface area contributed by atoms with Gasteiger partial charge in [-0.25, -0.2) is 0 Å². The van der Waals surface area contributed by atoms with Gasteiger partial charge in [0.1, 0.15) is 11.4 Å². The van der Waals surface area contributed by atoms with Crippen LogP contribution in [0.3, 0.4) is 0 Å². The summed E-state index contributed by atoms with van der Waals surface area (Å²) in [4.78, 5) is 11.7. The van der Waals surface area contributed by atoms with Crippen molar-refractivity contribution >= 4 is 5.78 Å². The zero-order chi connectivity index (χ0) is 12.3. The molecular formula is C13H18O3. The molecule has 0 aliphatic rings. The highest BCUT2D eigenvalue weighted by Crippen LogP contribution is 2.22. The fraction of sp³-hybridized carbons (Fsp3) is 0.462. The standard InChI is InChI=1S/C13H18O3/c1-9-5-6-11(16-4)10(7-9)8-12(14)13(2,3)15/h5-7,15H,8H2,1-4H3. The number of aliphatic hydroxyl groups is 1. The van der Waals surface area contributed by atoms with Gasteiger partial charge in [0.15, 0.2) is 5.78 Å².